The maximum absolute atomic E-state index is 10.4. The van der Waals surface area contributed by atoms with Gasteiger partial charge in [0, 0.05) is 0 Å². The van der Waals surface area contributed by atoms with Crippen molar-refractivity contribution in [1.29, 1.82) is 0 Å². The fraction of sp³-hybridized carbons (Fsp3) is 1.00. The predicted octanol–water partition coefficient (Wildman–Crippen LogP) is 2.22. The van der Waals surface area contributed by atoms with Crippen LogP contribution in [0.25, 0.3) is 0 Å². The number of hydrogen-bond donors (Lipinski definition) is 2. The lowest BCUT2D eigenvalue weighted by Gasteiger charge is -2.03. The Bertz CT molecular complexity index is 122. The van der Waals surface area contributed by atoms with Crippen molar-refractivity contribution in [1.82, 2.24) is 0 Å². The van der Waals surface area contributed by atoms with E-state index in [2.05, 4.69) is 23.7 Å². The molecule has 1 N–H and O–H groups in total. The van der Waals surface area contributed by atoms with Gasteiger partial charge in [-0.3, -0.25) is 0 Å². The summed E-state index contributed by atoms with van der Waals surface area (Å²) in [6, 6.07) is 0. The smallest absolute Gasteiger partial charge is 0.317 e. The summed E-state index contributed by atoms with van der Waals surface area (Å²) in [5.74, 6) is 0. The molecule has 0 bridgehead atoms. The number of thiol groups is 1. The van der Waals surface area contributed by atoms with Crippen LogP contribution in [-0.2, 0) is 9.09 Å². The SMILES string of the molecule is CCCCCOP(=O)(O)S. The van der Waals surface area contributed by atoms with E-state index in [1.165, 1.54) is 0 Å². The molecule has 0 aromatic carbocycles. The maximum Gasteiger partial charge on any atom is 0.383 e. The van der Waals surface area contributed by atoms with Crippen LogP contribution in [0.4, 0.5) is 0 Å². The van der Waals surface area contributed by atoms with Crippen LogP contribution in [0.5, 0.6) is 0 Å². The van der Waals surface area contributed by atoms with E-state index in [1.54, 1.807) is 0 Å². The Kier molecular flexibility index (Phi) is 5.45. The zero-order valence-corrected chi connectivity index (χ0v) is 7.78. The minimum absolute atomic E-state index is 0.325. The van der Waals surface area contributed by atoms with Gasteiger partial charge in [-0.05, 0) is 6.42 Å². The van der Waals surface area contributed by atoms with E-state index < -0.39 is 6.80 Å². The van der Waals surface area contributed by atoms with Gasteiger partial charge in [-0.15, -0.1) is 0 Å². The lowest BCUT2D eigenvalue weighted by Crippen LogP contribution is -1.88. The number of unbranched alkanes of at least 4 members (excludes halogenated alkanes) is 2. The first kappa shape index (κ1) is 10.5. The van der Waals surface area contributed by atoms with Crippen molar-refractivity contribution < 1.29 is 14.0 Å². The van der Waals surface area contributed by atoms with Crippen LogP contribution in [0, 0.1) is 0 Å². The molecule has 0 saturated heterocycles. The minimum Gasteiger partial charge on any atom is -0.317 e. The highest BCUT2D eigenvalue weighted by Crippen LogP contribution is 2.46. The van der Waals surface area contributed by atoms with Crippen LogP contribution in [0.1, 0.15) is 26.2 Å². The van der Waals surface area contributed by atoms with Gasteiger partial charge in [0.05, 0.1) is 6.61 Å². The summed E-state index contributed by atoms with van der Waals surface area (Å²) < 4.78 is 14.9. The second kappa shape index (κ2) is 5.19. The van der Waals surface area contributed by atoms with Crippen LogP contribution in [-0.4, -0.2) is 11.5 Å². The topological polar surface area (TPSA) is 46.5 Å². The fourth-order valence-electron chi connectivity index (χ4n) is 0.536. The Hall–Kier alpha value is 0.500. The van der Waals surface area contributed by atoms with E-state index in [9.17, 15) is 4.57 Å². The Morgan fingerprint density at radius 3 is 2.60 bits per heavy atom. The zero-order chi connectivity index (χ0) is 8.04. The van der Waals surface area contributed by atoms with Crippen molar-refractivity contribution in [3.05, 3.63) is 0 Å². The van der Waals surface area contributed by atoms with E-state index in [4.69, 9.17) is 4.89 Å². The van der Waals surface area contributed by atoms with Crippen molar-refractivity contribution in [2.45, 2.75) is 26.2 Å². The highest BCUT2D eigenvalue weighted by molar-refractivity contribution is 8.44. The first-order valence-corrected chi connectivity index (χ1v) is 5.99. The first-order valence-electron chi connectivity index (χ1n) is 3.26. The van der Waals surface area contributed by atoms with Crippen LogP contribution in [0.2, 0.25) is 0 Å². The van der Waals surface area contributed by atoms with Crippen LogP contribution in [0.3, 0.4) is 0 Å². The molecule has 0 fully saturated rings. The van der Waals surface area contributed by atoms with Gasteiger partial charge in [0.1, 0.15) is 0 Å². The largest absolute Gasteiger partial charge is 0.383 e. The summed E-state index contributed by atoms with van der Waals surface area (Å²) in [6.07, 6.45) is 2.92. The lowest BCUT2D eigenvalue weighted by atomic mass is 10.3. The van der Waals surface area contributed by atoms with E-state index in [1.807, 2.05) is 0 Å². The fourth-order valence-corrected chi connectivity index (χ4v) is 1.15. The Morgan fingerprint density at radius 2 is 2.20 bits per heavy atom. The monoisotopic (exact) mass is 184 g/mol. The molecule has 62 valence electrons. The Balaban J connectivity index is 3.13. The molecule has 0 aliphatic carbocycles. The van der Waals surface area contributed by atoms with Gasteiger partial charge >= 0.3 is 6.80 Å². The maximum atomic E-state index is 10.4. The van der Waals surface area contributed by atoms with Gasteiger partial charge in [-0.2, -0.15) is 0 Å². The summed E-state index contributed by atoms with van der Waals surface area (Å²) in [5.41, 5.74) is 0. The van der Waals surface area contributed by atoms with E-state index in [0.29, 0.717) is 6.61 Å². The molecule has 0 aliphatic rings. The van der Waals surface area contributed by atoms with Gasteiger partial charge in [0.25, 0.3) is 0 Å². The van der Waals surface area contributed by atoms with Crippen molar-refractivity contribution in [3.8, 4) is 0 Å². The van der Waals surface area contributed by atoms with Crippen LogP contribution >= 0.6 is 19.0 Å². The third-order valence-electron chi connectivity index (χ3n) is 1.01. The second-order valence-electron chi connectivity index (χ2n) is 2.03. The van der Waals surface area contributed by atoms with Crippen LogP contribution < -0.4 is 0 Å². The molecule has 0 saturated carbocycles. The molecule has 0 aromatic rings. The van der Waals surface area contributed by atoms with E-state index in [0.717, 1.165) is 19.3 Å². The lowest BCUT2D eigenvalue weighted by molar-refractivity contribution is 0.269. The summed E-state index contributed by atoms with van der Waals surface area (Å²) in [7, 11) is 0. The number of rotatable bonds is 5. The number of hydrogen-bond acceptors (Lipinski definition) is 2. The molecule has 0 heterocycles. The molecule has 0 aliphatic heterocycles. The Morgan fingerprint density at radius 1 is 1.60 bits per heavy atom. The normalized spacial score (nSPS) is 16.7. The van der Waals surface area contributed by atoms with Crippen LogP contribution in [0.15, 0.2) is 0 Å². The molecule has 0 radical (unpaired) electrons. The highest BCUT2D eigenvalue weighted by atomic mass is 32.7. The molecule has 10 heavy (non-hydrogen) atoms. The molecular formula is C5H13O3PS. The second-order valence-corrected chi connectivity index (χ2v) is 4.79. The van der Waals surface area contributed by atoms with Crippen molar-refractivity contribution >= 4 is 19.0 Å². The zero-order valence-electron chi connectivity index (χ0n) is 5.99. The van der Waals surface area contributed by atoms with Gasteiger partial charge in [0.15, 0.2) is 0 Å². The average molecular weight is 184 g/mol. The molecule has 0 aromatic heterocycles. The summed E-state index contributed by atoms with van der Waals surface area (Å²) in [5, 5.41) is 0. The van der Waals surface area contributed by atoms with Gasteiger partial charge < -0.3 is 9.42 Å². The van der Waals surface area contributed by atoms with Gasteiger partial charge in [0.2, 0.25) is 0 Å². The molecule has 0 spiro atoms. The van der Waals surface area contributed by atoms with Crippen molar-refractivity contribution in [2.75, 3.05) is 6.61 Å². The third kappa shape index (κ3) is 8.50. The minimum atomic E-state index is -3.51. The Labute approximate surface area is 66.5 Å². The predicted molar refractivity (Wildman–Crippen MR) is 44.3 cm³/mol. The average Bonchev–Trinajstić information content (AvgIpc) is 1.78. The van der Waals surface area contributed by atoms with E-state index >= 15 is 0 Å². The molecule has 0 rings (SSSR count). The first-order chi connectivity index (χ1) is 4.56. The molecular weight excluding hydrogens is 171 g/mol. The summed E-state index contributed by atoms with van der Waals surface area (Å²) in [6.45, 7) is -1.13. The standard InChI is InChI=1S/C5H13O3PS/c1-2-3-4-5-8-9(6,7)10/h2-5H2,1H3,(H2,6,7,10). The van der Waals surface area contributed by atoms with Gasteiger partial charge in [-0.25, -0.2) is 4.57 Å². The molecule has 1 unspecified atom stereocenters. The molecule has 1 atom stereocenters. The molecule has 5 heteroatoms. The quantitative estimate of drug-likeness (QED) is 0.391. The van der Waals surface area contributed by atoms with E-state index in [-0.39, 0.29) is 0 Å². The van der Waals surface area contributed by atoms with Gasteiger partial charge in [-0.1, -0.05) is 32.0 Å². The molecule has 3 nitrogen and oxygen atoms in total. The van der Waals surface area contributed by atoms with Crippen molar-refractivity contribution in [3.63, 3.8) is 0 Å². The molecule has 0 amide bonds. The summed E-state index contributed by atoms with van der Waals surface area (Å²) in [4.78, 5) is 8.51. The van der Waals surface area contributed by atoms with Crippen molar-refractivity contribution in [2.24, 2.45) is 0 Å². The highest BCUT2D eigenvalue weighted by Gasteiger charge is 2.09. The summed E-state index contributed by atoms with van der Waals surface area (Å²) >= 11 is 3.35. The third-order valence-corrected chi connectivity index (χ3v) is 1.87.